The second-order valence-corrected chi connectivity index (χ2v) is 6.72. The molecule has 146 valence electrons. The van der Waals surface area contributed by atoms with Crippen molar-refractivity contribution >= 4 is 17.9 Å². The van der Waals surface area contributed by atoms with Crippen LogP contribution in [0, 0.1) is 5.92 Å². The Morgan fingerprint density at radius 2 is 2.04 bits per heavy atom. The molecule has 1 fully saturated rings. The SMILES string of the molecule is C=C(C)C(=O)O[C@H]1[C@H]2C(=C)C(=O)O[C@@H]2/C=C(/C)CC/C=C(/C(=O)OC)[C@@H]1O. The maximum Gasteiger partial charge on any atom is 0.336 e. The topological polar surface area (TPSA) is 99.1 Å². The number of allylic oxidation sites excluding steroid dienone is 2. The minimum absolute atomic E-state index is 0.0439. The Kier molecular flexibility index (Phi) is 6.38. The van der Waals surface area contributed by atoms with Crippen LogP contribution in [0.4, 0.5) is 0 Å². The summed E-state index contributed by atoms with van der Waals surface area (Å²) in [6, 6.07) is 0. The van der Waals surface area contributed by atoms with Gasteiger partial charge in [-0.25, -0.2) is 14.4 Å². The van der Waals surface area contributed by atoms with E-state index in [1.54, 1.807) is 12.2 Å². The summed E-state index contributed by atoms with van der Waals surface area (Å²) in [5, 5.41) is 10.9. The molecule has 1 saturated heterocycles. The lowest BCUT2D eigenvalue weighted by atomic mass is 9.83. The van der Waals surface area contributed by atoms with Crippen LogP contribution in [0.2, 0.25) is 0 Å². The van der Waals surface area contributed by atoms with E-state index in [9.17, 15) is 19.5 Å². The summed E-state index contributed by atoms with van der Waals surface area (Å²) >= 11 is 0. The van der Waals surface area contributed by atoms with Crippen LogP contribution in [-0.4, -0.2) is 48.4 Å². The number of fused-ring (bicyclic) bond motifs is 1. The van der Waals surface area contributed by atoms with E-state index in [2.05, 4.69) is 13.2 Å². The first kappa shape index (κ1) is 20.6. The summed E-state index contributed by atoms with van der Waals surface area (Å²) in [6.07, 6.45) is 0.799. The summed E-state index contributed by atoms with van der Waals surface area (Å²) in [7, 11) is 1.19. The number of ether oxygens (including phenoxy) is 3. The number of aliphatic hydroxyl groups is 1. The molecule has 1 heterocycles. The zero-order valence-corrected chi connectivity index (χ0v) is 15.7. The average molecular weight is 376 g/mol. The molecule has 2 aliphatic rings. The van der Waals surface area contributed by atoms with E-state index >= 15 is 0 Å². The first-order valence-electron chi connectivity index (χ1n) is 8.57. The molecule has 0 amide bonds. The van der Waals surface area contributed by atoms with Crippen molar-refractivity contribution in [2.75, 3.05) is 7.11 Å². The first-order chi connectivity index (χ1) is 12.7. The Hall–Kier alpha value is -2.67. The highest BCUT2D eigenvalue weighted by molar-refractivity contribution is 5.93. The van der Waals surface area contributed by atoms with Crippen molar-refractivity contribution in [2.45, 2.75) is 45.0 Å². The third-order valence-electron chi connectivity index (χ3n) is 4.61. The highest BCUT2D eigenvalue weighted by atomic mass is 16.6. The van der Waals surface area contributed by atoms with Gasteiger partial charge in [-0.2, -0.15) is 0 Å². The van der Waals surface area contributed by atoms with Crippen LogP contribution in [0.25, 0.3) is 0 Å². The van der Waals surface area contributed by atoms with E-state index in [0.29, 0.717) is 12.8 Å². The van der Waals surface area contributed by atoms with Gasteiger partial charge >= 0.3 is 17.9 Å². The smallest absolute Gasteiger partial charge is 0.336 e. The second-order valence-electron chi connectivity index (χ2n) is 6.72. The lowest BCUT2D eigenvalue weighted by Crippen LogP contribution is -2.44. The standard InChI is InChI=1S/C20H24O7/c1-10(2)18(22)27-17-15-12(4)19(23)26-14(15)9-11(3)7-6-8-13(16(17)21)20(24)25-5/h8-9,14-17,21H,1,4,6-7H2,2-3,5H3/b11-9-,13-8+/t14-,15+,16+,17+/m1/s1. The van der Waals surface area contributed by atoms with E-state index in [4.69, 9.17) is 14.2 Å². The molecule has 0 aromatic carbocycles. The number of carbonyl (C=O) groups excluding carboxylic acids is 3. The predicted octanol–water partition coefficient (Wildman–Crippen LogP) is 1.77. The van der Waals surface area contributed by atoms with Gasteiger partial charge in [0.25, 0.3) is 0 Å². The number of hydrogen-bond acceptors (Lipinski definition) is 7. The molecule has 7 nitrogen and oxygen atoms in total. The van der Waals surface area contributed by atoms with Gasteiger partial charge in [0.1, 0.15) is 18.3 Å². The van der Waals surface area contributed by atoms with E-state index in [1.165, 1.54) is 14.0 Å². The van der Waals surface area contributed by atoms with Crippen LogP contribution in [0.1, 0.15) is 26.7 Å². The summed E-state index contributed by atoms with van der Waals surface area (Å²) in [4.78, 5) is 36.4. The number of carbonyl (C=O) groups is 3. The molecule has 1 aliphatic heterocycles. The van der Waals surface area contributed by atoms with Crippen molar-refractivity contribution in [2.24, 2.45) is 5.92 Å². The molecule has 1 aliphatic carbocycles. The summed E-state index contributed by atoms with van der Waals surface area (Å²) in [5.74, 6) is -2.99. The Morgan fingerprint density at radius 1 is 1.37 bits per heavy atom. The lowest BCUT2D eigenvalue weighted by Gasteiger charge is -2.31. The molecule has 0 spiro atoms. The summed E-state index contributed by atoms with van der Waals surface area (Å²) < 4.78 is 15.5. The third-order valence-corrected chi connectivity index (χ3v) is 4.61. The molecule has 0 radical (unpaired) electrons. The van der Waals surface area contributed by atoms with Gasteiger partial charge < -0.3 is 19.3 Å². The molecular formula is C20H24O7. The van der Waals surface area contributed by atoms with Crippen molar-refractivity contribution in [3.8, 4) is 0 Å². The molecule has 0 aromatic heterocycles. The molecule has 7 heteroatoms. The van der Waals surface area contributed by atoms with E-state index in [1.807, 2.05) is 6.92 Å². The summed E-state index contributed by atoms with van der Waals surface area (Å²) in [5.41, 5.74) is 1.06. The Labute approximate surface area is 158 Å². The van der Waals surface area contributed by atoms with Gasteiger partial charge in [-0.05, 0) is 32.8 Å². The molecule has 0 aromatic rings. The zero-order valence-electron chi connectivity index (χ0n) is 15.7. The highest BCUT2D eigenvalue weighted by Crippen LogP contribution is 2.36. The predicted molar refractivity (Wildman–Crippen MR) is 96.3 cm³/mol. The van der Waals surface area contributed by atoms with Crippen molar-refractivity contribution < 1.29 is 33.7 Å². The normalized spacial score (nSPS) is 32.1. The molecular weight excluding hydrogens is 352 g/mol. The Balaban J connectivity index is 2.56. The van der Waals surface area contributed by atoms with Gasteiger partial charge in [0.2, 0.25) is 0 Å². The van der Waals surface area contributed by atoms with Crippen molar-refractivity contribution in [3.05, 3.63) is 47.6 Å². The minimum Gasteiger partial charge on any atom is -0.466 e. The van der Waals surface area contributed by atoms with Crippen molar-refractivity contribution in [1.29, 1.82) is 0 Å². The largest absolute Gasteiger partial charge is 0.466 e. The average Bonchev–Trinajstić information content (AvgIpc) is 2.88. The van der Waals surface area contributed by atoms with Crippen molar-refractivity contribution in [1.82, 2.24) is 0 Å². The minimum atomic E-state index is -1.52. The second kappa shape index (κ2) is 8.35. The maximum atomic E-state index is 12.2. The van der Waals surface area contributed by atoms with Gasteiger partial charge in [-0.15, -0.1) is 0 Å². The molecule has 1 N–H and O–H groups in total. The quantitative estimate of drug-likeness (QED) is 0.347. The van der Waals surface area contributed by atoms with Gasteiger partial charge in [0.05, 0.1) is 18.6 Å². The fraction of sp³-hybridized carbons (Fsp3) is 0.450. The summed E-state index contributed by atoms with van der Waals surface area (Å²) in [6.45, 7) is 10.6. The molecule has 0 unspecified atom stereocenters. The van der Waals surface area contributed by atoms with E-state index in [0.717, 1.165) is 5.57 Å². The molecule has 2 rings (SSSR count). The van der Waals surface area contributed by atoms with Crippen LogP contribution >= 0.6 is 0 Å². The highest BCUT2D eigenvalue weighted by Gasteiger charge is 2.48. The molecule has 4 atom stereocenters. The molecule has 0 saturated carbocycles. The van der Waals surface area contributed by atoms with E-state index in [-0.39, 0.29) is 16.7 Å². The fourth-order valence-electron chi connectivity index (χ4n) is 3.13. The number of esters is 3. The Morgan fingerprint density at radius 3 is 2.63 bits per heavy atom. The number of aliphatic hydroxyl groups excluding tert-OH is 1. The third kappa shape index (κ3) is 4.36. The van der Waals surface area contributed by atoms with E-state index < -0.39 is 42.1 Å². The van der Waals surface area contributed by atoms with Gasteiger partial charge in [0.15, 0.2) is 0 Å². The molecule has 0 bridgehead atoms. The fourth-order valence-corrected chi connectivity index (χ4v) is 3.13. The molecule has 27 heavy (non-hydrogen) atoms. The van der Waals surface area contributed by atoms with Crippen LogP contribution in [0.3, 0.4) is 0 Å². The first-order valence-corrected chi connectivity index (χ1v) is 8.57. The van der Waals surface area contributed by atoms with Gasteiger partial charge in [0, 0.05) is 11.1 Å². The number of hydrogen-bond donors (Lipinski definition) is 1. The monoisotopic (exact) mass is 376 g/mol. The van der Waals surface area contributed by atoms with Crippen LogP contribution in [-0.2, 0) is 28.6 Å². The van der Waals surface area contributed by atoms with Crippen LogP contribution < -0.4 is 0 Å². The van der Waals surface area contributed by atoms with Crippen molar-refractivity contribution in [3.63, 3.8) is 0 Å². The number of rotatable bonds is 3. The van der Waals surface area contributed by atoms with Gasteiger partial charge in [-0.1, -0.05) is 24.8 Å². The van der Waals surface area contributed by atoms with Crippen LogP contribution in [0.15, 0.2) is 47.6 Å². The van der Waals surface area contributed by atoms with Gasteiger partial charge in [-0.3, -0.25) is 0 Å². The maximum absolute atomic E-state index is 12.2. The zero-order chi connectivity index (χ0) is 20.3. The number of methoxy groups -OCH3 is 1. The van der Waals surface area contributed by atoms with Crippen LogP contribution in [0.5, 0.6) is 0 Å². The Bertz CT molecular complexity index is 743. The lowest BCUT2D eigenvalue weighted by molar-refractivity contribution is -0.155.